The number of aromatic nitrogens is 1. The Kier molecular flexibility index (Phi) is 6.00. The van der Waals surface area contributed by atoms with Crippen molar-refractivity contribution in [2.75, 3.05) is 23.9 Å². The van der Waals surface area contributed by atoms with Crippen molar-refractivity contribution in [2.24, 2.45) is 5.92 Å². The van der Waals surface area contributed by atoms with Gasteiger partial charge in [-0.15, -0.1) is 11.6 Å². The van der Waals surface area contributed by atoms with Crippen molar-refractivity contribution in [3.8, 4) is 0 Å². The van der Waals surface area contributed by atoms with Crippen molar-refractivity contribution in [3.05, 3.63) is 16.6 Å². The van der Waals surface area contributed by atoms with Crippen molar-refractivity contribution in [3.63, 3.8) is 0 Å². The molecule has 1 aromatic heterocycles. The molecule has 0 unspecified atom stereocenters. The van der Waals surface area contributed by atoms with Crippen molar-refractivity contribution < 1.29 is 0 Å². The molecular weight excluding hydrogens is 252 g/mol. The molecule has 0 spiro atoms. The monoisotopic (exact) mass is 272 g/mol. The molecule has 0 aliphatic rings. The first-order chi connectivity index (χ1) is 8.12. The lowest BCUT2D eigenvalue weighted by molar-refractivity contribution is 0.778. The van der Waals surface area contributed by atoms with Crippen LogP contribution in [0.1, 0.15) is 32.6 Å². The minimum Gasteiger partial charge on any atom is -0.349 e. The predicted molar refractivity (Wildman–Crippen MR) is 79.2 cm³/mol. The molecule has 0 bridgehead atoms. The van der Waals surface area contributed by atoms with E-state index in [4.69, 9.17) is 11.6 Å². The van der Waals surface area contributed by atoms with E-state index in [-0.39, 0.29) is 0 Å². The first-order valence-electron chi connectivity index (χ1n) is 6.09. The Hall–Kier alpha value is -0.540. The Bertz CT molecular complexity index is 367. The van der Waals surface area contributed by atoms with Gasteiger partial charge in [-0.3, -0.25) is 0 Å². The average Bonchev–Trinajstić information content (AvgIpc) is 2.76. The van der Waals surface area contributed by atoms with Crippen molar-refractivity contribution >= 4 is 34.1 Å². The third-order valence-electron chi connectivity index (χ3n) is 2.77. The number of hydrogen-bond donors (Lipinski definition) is 0. The molecule has 17 heavy (non-hydrogen) atoms. The summed E-state index contributed by atoms with van der Waals surface area (Å²) in [4.78, 5) is 7.91. The average molecular weight is 273 g/mol. The van der Waals surface area contributed by atoms with Crippen LogP contribution >= 0.6 is 22.9 Å². The molecule has 0 saturated heterocycles. The van der Waals surface area contributed by atoms with Crippen LogP contribution < -0.4 is 4.90 Å². The molecule has 0 fully saturated rings. The highest BCUT2D eigenvalue weighted by molar-refractivity contribution is 7.16. The van der Waals surface area contributed by atoms with Gasteiger partial charge in [0.15, 0.2) is 5.13 Å². The van der Waals surface area contributed by atoms with Gasteiger partial charge >= 0.3 is 0 Å². The predicted octanol–water partition coefficient (Wildman–Crippen LogP) is 4.27. The van der Waals surface area contributed by atoms with Crippen LogP contribution in [0.25, 0.3) is 6.08 Å². The number of thiazole rings is 1. The lowest BCUT2D eigenvalue weighted by Crippen LogP contribution is -2.21. The minimum absolute atomic E-state index is 0.492. The highest BCUT2D eigenvalue weighted by Gasteiger charge is 2.08. The van der Waals surface area contributed by atoms with Gasteiger partial charge in [0, 0.05) is 30.0 Å². The summed E-state index contributed by atoms with van der Waals surface area (Å²) in [5.41, 5.74) is 1.27. The van der Waals surface area contributed by atoms with E-state index in [1.807, 2.05) is 6.20 Å². The van der Waals surface area contributed by atoms with Gasteiger partial charge in [-0.2, -0.15) is 0 Å². The fraction of sp³-hybridized carbons (Fsp3) is 0.615. The standard InChI is InChI=1S/C13H21ClN2S/c1-5-16(6-2)13-15-9-12(17-13)7-11(8-14)10(3)4/h7,9-10H,5-6,8H2,1-4H3. The molecule has 0 aliphatic heterocycles. The first-order valence-corrected chi connectivity index (χ1v) is 7.44. The number of alkyl halides is 1. The lowest BCUT2D eigenvalue weighted by Gasteiger charge is -2.16. The molecule has 1 aromatic rings. The van der Waals surface area contributed by atoms with Gasteiger partial charge in [-0.1, -0.05) is 30.8 Å². The van der Waals surface area contributed by atoms with Crippen molar-refractivity contribution in [2.45, 2.75) is 27.7 Å². The molecule has 0 atom stereocenters. The van der Waals surface area contributed by atoms with Gasteiger partial charge in [0.1, 0.15) is 0 Å². The van der Waals surface area contributed by atoms with E-state index >= 15 is 0 Å². The van der Waals surface area contributed by atoms with Crippen LogP contribution in [-0.4, -0.2) is 24.0 Å². The van der Waals surface area contributed by atoms with E-state index in [1.54, 1.807) is 11.3 Å². The van der Waals surface area contributed by atoms with E-state index in [9.17, 15) is 0 Å². The Balaban J connectivity index is 2.87. The second-order valence-corrected chi connectivity index (χ2v) is 5.53. The Morgan fingerprint density at radius 1 is 1.47 bits per heavy atom. The van der Waals surface area contributed by atoms with Crippen LogP contribution in [0.5, 0.6) is 0 Å². The van der Waals surface area contributed by atoms with E-state index in [0.29, 0.717) is 11.8 Å². The maximum Gasteiger partial charge on any atom is 0.185 e. The number of anilines is 1. The van der Waals surface area contributed by atoms with E-state index < -0.39 is 0 Å². The maximum absolute atomic E-state index is 5.94. The van der Waals surface area contributed by atoms with Gasteiger partial charge in [0.05, 0.1) is 0 Å². The number of hydrogen-bond acceptors (Lipinski definition) is 3. The summed E-state index contributed by atoms with van der Waals surface area (Å²) in [6.07, 6.45) is 4.11. The van der Waals surface area contributed by atoms with Crippen LogP contribution in [0.4, 0.5) is 5.13 Å². The molecule has 0 N–H and O–H groups in total. The molecule has 96 valence electrons. The smallest absolute Gasteiger partial charge is 0.185 e. The van der Waals surface area contributed by atoms with Gasteiger partial charge < -0.3 is 4.90 Å². The number of nitrogens with zero attached hydrogens (tertiary/aromatic N) is 2. The van der Waals surface area contributed by atoms with Crippen molar-refractivity contribution in [1.29, 1.82) is 0 Å². The molecule has 0 aromatic carbocycles. The van der Waals surface area contributed by atoms with Crippen LogP contribution in [0.2, 0.25) is 0 Å². The van der Waals surface area contributed by atoms with Gasteiger partial charge in [0.25, 0.3) is 0 Å². The van der Waals surface area contributed by atoms with Crippen LogP contribution in [0.3, 0.4) is 0 Å². The van der Waals surface area contributed by atoms with E-state index in [2.05, 4.69) is 43.7 Å². The summed E-state index contributed by atoms with van der Waals surface area (Å²) in [5, 5.41) is 1.10. The molecule has 1 heterocycles. The second kappa shape index (κ2) is 7.02. The summed E-state index contributed by atoms with van der Waals surface area (Å²) in [6.45, 7) is 10.6. The molecule has 2 nitrogen and oxygen atoms in total. The molecule has 0 radical (unpaired) electrons. The molecule has 0 aliphatic carbocycles. The van der Waals surface area contributed by atoms with E-state index in [1.165, 1.54) is 10.5 Å². The fourth-order valence-electron chi connectivity index (χ4n) is 1.53. The van der Waals surface area contributed by atoms with Gasteiger partial charge in [-0.05, 0) is 25.8 Å². The highest BCUT2D eigenvalue weighted by atomic mass is 35.5. The molecule has 0 saturated carbocycles. The molecule has 0 amide bonds. The zero-order valence-corrected chi connectivity index (χ0v) is 12.6. The molecule has 4 heteroatoms. The number of halogens is 1. The van der Waals surface area contributed by atoms with Crippen LogP contribution in [-0.2, 0) is 0 Å². The summed E-state index contributed by atoms with van der Waals surface area (Å²) in [5.74, 6) is 1.09. The number of rotatable bonds is 6. The zero-order chi connectivity index (χ0) is 12.8. The second-order valence-electron chi connectivity index (χ2n) is 4.23. The van der Waals surface area contributed by atoms with E-state index in [0.717, 1.165) is 18.2 Å². The SMILES string of the molecule is CCN(CC)c1ncc(C=C(CCl)C(C)C)s1. The summed E-state index contributed by atoms with van der Waals surface area (Å²) < 4.78 is 0. The minimum atomic E-state index is 0.492. The molecular formula is C13H21ClN2S. The maximum atomic E-state index is 5.94. The lowest BCUT2D eigenvalue weighted by atomic mass is 10.1. The Morgan fingerprint density at radius 3 is 2.59 bits per heavy atom. The normalized spacial score (nSPS) is 12.2. The van der Waals surface area contributed by atoms with Gasteiger partial charge in [0.2, 0.25) is 0 Å². The Labute approximate surface area is 113 Å². The Morgan fingerprint density at radius 2 is 2.12 bits per heavy atom. The van der Waals surface area contributed by atoms with Crippen LogP contribution in [0, 0.1) is 5.92 Å². The highest BCUT2D eigenvalue weighted by Crippen LogP contribution is 2.25. The third kappa shape index (κ3) is 4.00. The molecule has 1 rings (SSSR count). The number of allylic oxidation sites excluding steroid dienone is 1. The largest absolute Gasteiger partial charge is 0.349 e. The summed E-state index contributed by atoms with van der Waals surface area (Å²) >= 11 is 7.67. The van der Waals surface area contributed by atoms with Gasteiger partial charge in [-0.25, -0.2) is 4.98 Å². The fourth-order valence-corrected chi connectivity index (χ4v) is 2.93. The summed E-state index contributed by atoms with van der Waals surface area (Å²) in [6, 6.07) is 0. The quantitative estimate of drug-likeness (QED) is 0.719. The summed E-state index contributed by atoms with van der Waals surface area (Å²) in [7, 11) is 0. The zero-order valence-electron chi connectivity index (χ0n) is 11.0. The van der Waals surface area contributed by atoms with Crippen LogP contribution in [0.15, 0.2) is 11.8 Å². The first kappa shape index (κ1) is 14.5. The third-order valence-corrected chi connectivity index (χ3v) is 4.08. The van der Waals surface area contributed by atoms with Crippen molar-refractivity contribution in [1.82, 2.24) is 4.98 Å². The topological polar surface area (TPSA) is 16.1 Å².